The second-order valence-corrected chi connectivity index (χ2v) is 6.55. The Balaban J connectivity index is 1.72. The lowest BCUT2D eigenvalue weighted by molar-refractivity contribution is -0.148. The minimum absolute atomic E-state index is 0.00753. The highest BCUT2D eigenvalue weighted by Gasteiger charge is 2.43. The highest BCUT2D eigenvalue weighted by molar-refractivity contribution is 5.83. The van der Waals surface area contributed by atoms with Crippen LogP contribution in [0.2, 0.25) is 0 Å². The van der Waals surface area contributed by atoms with Gasteiger partial charge >= 0.3 is 5.97 Å². The summed E-state index contributed by atoms with van der Waals surface area (Å²) in [5.74, 6) is -2.46. The van der Waals surface area contributed by atoms with Crippen molar-refractivity contribution >= 4 is 11.9 Å². The molecular weight excluding hydrogens is 340 g/mol. The molecule has 3 rings (SSSR count). The van der Waals surface area contributed by atoms with Gasteiger partial charge in [0, 0.05) is 18.7 Å². The Morgan fingerprint density at radius 3 is 2.31 bits per heavy atom. The summed E-state index contributed by atoms with van der Waals surface area (Å²) in [6.07, 6.45) is 0.322. The van der Waals surface area contributed by atoms with Gasteiger partial charge in [-0.05, 0) is 36.6 Å². The number of carboxylic acid groups (broad SMARTS) is 1. The quantitative estimate of drug-likeness (QED) is 0.912. The van der Waals surface area contributed by atoms with Gasteiger partial charge in [0.15, 0.2) is 0 Å². The monoisotopic (exact) mass is 359 g/mol. The van der Waals surface area contributed by atoms with Gasteiger partial charge in [-0.1, -0.05) is 30.3 Å². The van der Waals surface area contributed by atoms with E-state index in [-0.39, 0.29) is 43.8 Å². The third-order valence-electron chi connectivity index (χ3n) is 5.05. The van der Waals surface area contributed by atoms with Crippen molar-refractivity contribution in [2.75, 3.05) is 13.1 Å². The molecule has 1 aliphatic heterocycles. The van der Waals surface area contributed by atoms with Gasteiger partial charge in [0.2, 0.25) is 5.91 Å². The first-order chi connectivity index (χ1) is 12.4. The smallest absolute Gasteiger partial charge is 0.314 e. The van der Waals surface area contributed by atoms with Crippen LogP contribution in [-0.4, -0.2) is 35.0 Å². The summed E-state index contributed by atoms with van der Waals surface area (Å²) < 4.78 is 27.0. The molecule has 4 nitrogen and oxygen atoms in total. The molecule has 26 heavy (non-hydrogen) atoms. The van der Waals surface area contributed by atoms with Gasteiger partial charge in [-0.25, -0.2) is 8.78 Å². The van der Waals surface area contributed by atoms with Crippen molar-refractivity contribution < 1.29 is 23.5 Å². The lowest BCUT2D eigenvalue weighted by atomic mass is 9.73. The van der Waals surface area contributed by atoms with Crippen molar-refractivity contribution in [1.82, 2.24) is 4.90 Å². The normalized spacial score (nSPS) is 16.3. The molecule has 0 saturated carbocycles. The first-order valence-electron chi connectivity index (χ1n) is 8.43. The van der Waals surface area contributed by atoms with Gasteiger partial charge in [-0.15, -0.1) is 0 Å². The third-order valence-corrected chi connectivity index (χ3v) is 5.05. The SMILES string of the molecule is O=C(Cc1cc(F)ccc1F)N1CCC(C(=O)O)(c2ccccc2)CC1. The number of aliphatic carboxylic acids is 1. The standard InChI is InChI=1S/C20H19F2NO3/c21-16-6-7-17(22)14(12-16)13-18(24)23-10-8-20(9-11-23,19(25)26)15-4-2-1-3-5-15/h1-7,12H,8-11,13H2,(H,25,26). The molecular formula is C20H19F2NO3. The van der Waals surface area contributed by atoms with Crippen molar-refractivity contribution in [3.8, 4) is 0 Å². The predicted molar refractivity (Wildman–Crippen MR) is 91.6 cm³/mol. The van der Waals surface area contributed by atoms with E-state index in [9.17, 15) is 23.5 Å². The zero-order valence-electron chi connectivity index (χ0n) is 14.1. The van der Waals surface area contributed by atoms with Gasteiger partial charge in [0.25, 0.3) is 0 Å². The molecule has 136 valence electrons. The minimum atomic E-state index is -1.03. The van der Waals surface area contributed by atoms with Gasteiger partial charge in [-0.3, -0.25) is 9.59 Å². The Morgan fingerprint density at radius 2 is 1.69 bits per heavy atom. The topological polar surface area (TPSA) is 57.6 Å². The first kappa shape index (κ1) is 18.0. The Kier molecular flexibility index (Phi) is 5.02. The van der Waals surface area contributed by atoms with E-state index in [4.69, 9.17) is 0 Å². The van der Waals surface area contributed by atoms with Crippen LogP contribution in [0.1, 0.15) is 24.0 Å². The van der Waals surface area contributed by atoms with Crippen molar-refractivity contribution in [3.05, 3.63) is 71.3 Å². The van der Waals surface area contributed by atoms with E-state index < -0.39 is 23.0 Å². The van der Waals surface area contributed by atoms with E-state index >= 15 is 0 Å². The van der Waals surface area contributed by atoms with E-state index in [2.05, 4.69) is 0 Å². The fourth-order valence-corrected chi connectivity index (χ4v) is 3.47. The predicted octanol–water partition coefficient (Wildman–Crippen LogP) is 3.15. The van der Waals surface area contributed by atoms with Crippen molar-refractivity contribution in [2.24, 2.45) is 0 Å². The molecule has 1 fully saturated rings. The average molecular weight is 359 g/mol. The number of carbonyl (C=O) groups excluding carboxylic acids is 1. The molecule has 0 unspecified atom stereocenters. The van der Waals surface area contributed by atoms with E-state index in [0.29, 0.717) is 0 Å². The molecule has 1 heterocycles. The summed E-state index contributed by atoms with van der Waals surface area (Å²) in [6.45, 7) is 0.522. The largest absolute Gasteiger partial charge is 0.481 e. The Hall–Kier alpha value is -2.76. The molecule has 1 saturated heterocycles. The molecule has 2 aromatic carbocycles. The van der Waals surface area contributed by atoms with E-state index in [1.54, 1.807) is 24.3 Å². The Bertz CT molecular complexity index is 815. The second kappa shape index (κ2) is 7.23. The van der Waals surface area contributed by atoms with Gasteiger partial charge < -0.3 is 10.0 Å². The zero-order valence-corrected chi connectivity index (χ0v) is 14.1. The van der Waals surface area contributed by atoms with Gasteiger partial charge in [-0.2, -0.15) is 0 Å². The summed E-state index contributed by atoms with van der Waals surface area (Å²) in [7, 11) is 0. The number of likely N-dealkylation sites (tertiary alicyclic amines) is 1. The van der Waals surface area contributed by atoms with Crippen LogP contribution >= 0.6 is 0 Å². The summed E-state index contributed by atoms with van der Waals surface area (Å²) in [6, 6.07) is 12.0. The van der Waals surface area contributed by atoms with Crippen molar-refractivity contribution in [1.29, 1.82) is 0 Å². The van der Waals surface area contributed by atoms with Crippen LogP contribution in [0, 0.1) is 11.6 Å². The average Bonchev–Trinajstić information content (AvgIpc) is 2.65. The lowest BCUT2D eigenvalue weighted by Gasteiger charge is -2.39. The Labute approximate surface area is 150 Å². The molecule has 6 heteroatoms. The van der Waals surface area contributed by atoms with Crippen molar-refractivity contribution in [3.63, 3.8) is 0 Å². The maximum Gasteiger partial charge on any atom is 0.314 e. The second-order valence-electron chi connectivity index (χ2n) is 6.55. The van der Waals surface area contributed by atoms with Crippen LogP contribution < -0.4 is 0 Å². The number of hydrogen-bond acceptors (Lipinski definition) is 2. The van der Waals surface area contributed by atoms with E-state index in [1.807, 2.05) is 6.07 Å². The van der Waals surface area contributed by atoms with Crippen LogP contribution in [0.25, 0.3) is 0 Å². The molecule has 2 aromatic rings. The van der Waals surface area contributed by atoms with Crippen LogP contribution in [0.5, 0.6) is 0 Å². The van der Waals surface area contributed by atoms with E-state index in [1.165, 1.54) is 4.90 Å². The molecule has 0 aromatic heterocycles. The number of carboxylic acids is 1. The van der Waals surface area contributed by atoms with Crippen LogP contribution in [0.4, 0.5) is 8.78 Å². The summed E-state index contributed by atoms with van der Waals surface area (Å²) in [4.78, 5) is 25.9. The number of piperidine rings is 1. The molecule has 1 N–H and O–H groups in total. The third kappa shape index (κ3) is 3.45. The minimum Gasteiger partial charge on any atom is -0.481 e. The number of carbonyl (C=O) groups is 2. The molecule has 0 radical (unpaired) electrons. The van der Waals surface area contributed by atoms with Gasteiger partial charge in [0.1, 0.15) is 11.6 Å². The molecule has 0 spiro atoms. The number of amides is 1. The van der Waals surface area contributed by atoms with Gasteiger partial charge in [0.05, 0.1) is 11.8 Å². The molecule has 0 bridgehead atoms. The zero-order chi connectivity index (χ0) is 18.7. The van der Waals surface area contributed by atoms with Crippen LogP contribution in [0.15, 0.2) is 48.5 Å². The summed E-state index contributed by atoms with van der Waals surface area (Å²) >= 11 is 0. The Morgan fingerprint density at radius 1 is 1.04 bits per heavy atom. The summed E-state index contributed by atoms with van der Waals surface area (Å²) in [5.41, 5.74) is -0.300. The molecule has 1 amide bonds. The maximum atomic E-state index is 13.7. The number of hydrogen-bond donors (Lipinski definition) is 1. The number of nitrogens with zero attached hydrogens (tertiary/aromatic N) is 1. The van der Waals surface area contributed by atoms with Crippen molar-refractivity contribution in [2.45, 2.75) is 24.7 Å². The summed E-state index contributed by atoms with van der Waals surface area (Å²) in [5, 5.41) is 9.77. The molecule has 0 aliphatic carbocycles. The fraction of sp³-hybridized carbons (Fsp3) is 0.300. The fourth-order valence-electron chi connectivity index (χ4n) is 3.47. The van der Waals surface area contributed by atoms with E-state index in [0.717, 1.165) is 23.8 Å². The number of rotatable bonds is 4. The number of benzene rings is 2. The first-order valence-corrected chi connectivity index (χ1v) is 8.43. The van der Waals surface area contributed by atoms with Crippen LogP contribution in [0.3, 0.4) is 0 Å². The molecule has 0 atom stereocenters. The molecule has 1 aliphatic rings. The highest BCUT2D eigenvalue weighted by atomic mass is 19.1. The number of halogens is 2. The lowest BCUT2D eigenvalue weighted by Crippen LogP contribution is -2.49. The highest BCUT2D eigenvalue weighted by Crippen LogP contribution is 2.36. The van der Waals surface area contributed by atoms with Crippen LogP contribution in [-0.2, 0) is 21.4 Å². The maximum absolute atomic E-state index is 13.7.